The Bertz CT molecular complexity index is 1180. The zero-order chi connectivity index (χ0) is 19.7. The van der Waals surface area contributed by atoms with Crippen LogP contribution in [0.15, 0.2) is 42.2 Å². The quantitative estimate of drug-likeness (QED) is 0.209. The average molecular weight is 512 g/mol. The zero-order valence-corrected chi connectivity index (χ0v) is 17.3. The van der Waals surface area contributed by atoms with Crippen LogP contribution < -0.4 is 10.8 Å². The lowest BCUT2D eigenvalue weighted by atomic mass is 10.1. The molecular weight excluding hydrogens is 498 g/mol. The zero-order valence-electron chi connectivity index (χ0n) is 14.3. The summed E-state index contributed by atoms with van der Waals surface area (Å²) < 4.78 is 17.6. The van der Waals surface area contributed by atoms with Crippen LogP contribution in [0.5, 0.6) is 0 Å². The number of halogens is 2. The van der Waals surface area contributed by atoms with Gasteiger partial charge in [-0.1, -0.05) is 0 Å². The van der Waals surface area contributed by atoms with Crippen LogP contribution in [0.25, 0.3) is 15.6 Å². The van der Waals surface area contributed by atoms with Crippen molar-refractivity contribution in [3.8, 4) is 0 Å². The molecule has 7 nitrogen and oxygen atoms in total. The van der Waals surface area contributed by atoms with Gasteiger partial charge >= 0.3 is 0 Å². The predicted molar refractivity (Wildman–Crippen MR) is 113 cm³/mol. The molecule has 28 heavy (non-hydrogen) atoms. The number of imidazole rings is 1. The number of anilines is 2. The molecule has 3 heterocycles. The minimum atomic E-state index is -0.509. The van der Waals surface area contributed by atoms with Crippen LogP contribution in [-0.4, -0.2) is 33.6 Å². The van der Waals surface area contributed by atoms with Crippen LogP contribution in [-0.2, 0) is 4.84 Å². The van der Waals surface area contributed by atoms with Gasteiger partial charge in [-0.2, -0.15) is 0 Å². The van der Waals surface area contributed by atoms with E-state index in [-0.39, 0.29) is 18.9 Å². The summed E-state index contributed by atoms with van der Waals surface area (Å²) >= 11 is 3.42. The highest BCUT2D eigenvalue weighted by Crippen LogP contribution is 2.36. The van der Waals surface area contributed by atoms with Crippen molar-refractivity contribution in [2.24, 2.45) is 0 Å². The van der Waals surface area contributed by atoms with E-state index < -0.39 is 11.7 Å². The smallest absolute Gasteiger partial charge is 0.280 e. The predicted octanol–water partition coefficient (Wildman–Crippen LogP) is 3.69. The molecule has 4 rings (SSSR count). The number of carbonyl (C=O) groups is 1. The third-order valence-corrected chi connectivity index (χ3v) is 5.66. The van der Waals surface area contributed by atoms with Gasteiger partial charge in [0.25, 0.3) is 5.91 Å². The number of nitrogens with one attached hydrogen (secondary N) is 2. The maximum Gasteiger partial charge on any atom is 0.280 e. The molecule has 0 saturated heterocycles. The van der Waals surface area contributed by atoms with E-state index in [0.717, 1.165) is 14.5 Å². The Morgan fingerprint density at radius 2 is 2.25 bits per heavy atom. The van der Waals surface area contributed by atoms with Crippen molar-refractivity contribution in [3.05, 3.63) is 57.1 Å². The van der Waals surface area contributed by atoms with Crippen LogP contribution in [0, 0.1) is 9.39 Å². The summed E-state index contributed by atoms with van der Waals surface area (Å²) in [7, 11) is 0. The van der Waals surface area contributed by atoms with Crippen LogP contribution in [0.2, 0.25) is 0 Å². The maximum atomic E-state index is 14.5. The number of hydroxylamine groups is 1. The van der Waals surface area contributed by atoms with Gasteiger partial charge < -0.3 is 10.4 Å². The molecule has 0 aliphatic heterocycles. The second-order valence-corrected chi connectivity index (χ2v) is 7.95. The Balaban J connectivity index is 1.89. The van der Waals surface area contributed by atoms with Gasteiger partial charge in [-0.05, 0) is 52.2 Å². The number of fused-ring (bicyclic) bond motifs is 3. The lowest BCUT2D eigenvalue weighted by molar-refractivity contribution is 0.0170. The summed E-state index contributed by atoms with van der Waals surface area (Å²) in [5, 5.41) is 14.6. The Morgan fingerprint density at radius 3 is 3.04 bits per heavy atom. The second kappa shape index (κ2) is 7.99. The fraction of sp³-hybridized carbons (Fsp3) is 0.111. The normalized spacial score (nSPS) is 11.2. The van der Waals surface area contributed by atoms with Gasteiger partial charge in [0.05, 0.1) is 35.3 Å². The fourth-order valence-electron chi connectivity index (χ4n) is 2.87. The highest BCUT2D eigenvalue weighted by Gasteiger charge is 2.22. The lowest BCUT2D eigenvalue weighted by Gasteiger charge is -2.16. The van der Waals surface area contributed by atoms with Crippen LogP contribution in [0.4, 0.5) is 15.9 Å². The minimum Gasteiger partial charge on any atom is -0.394 e. The standard InChI is InChI=1S/C18H14FIN4O3S/c19-12-7-10(20)1-2-13(12)22-17-15(18(26)23-27-5-4-25)16-11(3-6-28-16)14-8-21-9-24(14)17/h1-3,6-9,22,25H,4-5H2,(H,23,26). The summed E-state index contributed by atoms with van der Waals surface area (Å²) in [5.74, 6) is -0.577. The SMILES string of the molecule is O=C(NOCCO)c1c(Nc2ccc(I)cc2F)n2cncc2c2ccsc12. The van der Waals surface area contributed by atoms with E-state index in [1.165, 1.54) is 17.4 Å². The highest BCUT2D eigenvalue weighted by atomic mass is 127. The first-order chi connectivity index (χ1) is 13.6. The van der Waals surface area contributed by atoms with Crippen LogP contribution >= 0.6 is 33.9 Å². The number of amides is 1. The molecule has 0 radical (unpaired) electrons. The molecule has 144 valence electrons. The van der Waals surface area contributed by atoms with Crippen molar-refractivity contribution in [3.63, 3.8) is 0 Å². The van der Waals surface area contributed by atoms with Crippen molar-refractivity contribution < 1.29 is 19.1 Å². The monoisotopic (exact) mass is 512 g/mol. The summed E-state index contributed by atoms with van der Waals surface area (Å²) in [4.78, 5) is 22.0. The molecule has 0 aliphatic rings. The number of carbonyl (C=O) groups excluding carboxylic acids is 1. The Hall–Kier alpha value is -2.28. The Labute approximate surface area is 176 Å². The first-order valence-corrected chi connectivity index (χ1v) is 10.2. The average Bonchev–Trinajstić information content (AvgIpc) is 3.32. The van der Waals surface area contributed by atoms with Crippen molar-refractivity contribution >= 4 is 66.9 Å². The number of rotatable bonds is 6. The summed E-state index contributed by atoms with van der Waals surface area (Å²) in [6, 6.07) is 6.69. The molecular formula is C18H14FIN4O3S. The van der Waals surface area contributed by atoms with Gasteiger partial charge in [0.1, 0.15) is 23.5 Å². The van der Waals surface area contributed by atoms with Crippen LogP contribution in [0.3, 0.4) is 0 Å². The molecule has 0 unspecified atom stereocenters. The molecule has 0 aliphatic carbocycles. The topological polar surface area (TPSA) is 87.9 Å². The number of hydrogen-bond acceptors (Lipinski definition) is 6. The number of aromatic nitrogens is 2. The lowest BCUT2D eigenvalue weighted by Crippen LogP contribution is -2.26. The largest absolute Gasteiger partial charge is 0.394 e. The number of thiophene rings is 1. The number of pyridine rings is 1. The van der Waals surface area contributed by atoms with E-state index >= 15 is 0 Å². The molecule has 0 bridgehead atoms. The summed E-state index contributed by atoms with van der Waals surface area (Å²) in [6.45, 7) is -0.268. The molecule has 0 atom stereocenters. The molecule has 1 aromatic carbocycles. The Kier molecular flexibility index (Phi) is 5.44. The van der Waals surface area contributed by atoms with Crippen molar-refractivity contribution in [2.75, 3.05) is 18.5 Å². The first-order valence-electron chi connectivity index (χ1n) is 8.20. The maximum absolute atomic E-state index is 14.5. The molecule has 0 saturated carbocycles. The second-order valence-electron chi connectivity index (χ2n) is 5.79. The molecule has 0 fully saturated rings. The molecule has 10 heteroatoms. The molecule has 1 amide bonds. The summed E-state index contributed by atoms with van der Waals surface area (Å²) in [6.07, 6.45) is 3.25. The van der Waals surface area contributed by atoms with Gasteiger partial charge in [0.2, 0.25) is 0 Å². The van der Waals surface area contributed by atoms with E-state index in [1.54, 1.807) is 29.1 Å². The van der Waals surface area contributed by atoms with Crippen molar-refractivity contribution in [2.45, 2.75) is 0 Å². The highest BCUT2D eigenvalue weighted by molar-refractivity contribution is 14.1. The fourth-order valence-corrected chi connectivity index (χ4v) is 4.27. The van der Waals surface area contributed by atoms with Crippen molar-refractivity contribution in [1.29, 1.82) is 0 Å². The van der Waals surface area contributed by atoms with Gasteiger partial charge in [-0.3, -0.25) is 14.0 Å². The number of aliphatic hydroxyl groups is 1. The first kappa shape index (κ1) is 19.1. The number of aliphatic hydroxyl groups excluding tert-OH is 1. The number of nitrogens with zero attached hydrogens (tertiary/aromatic N) is 2. The molecule has 0 spiro atoms. The van der Waals surface area contributed by atoms with E-state index in [1.807, 2.05) is 34.0 Å². The molecule has 4 aromatic rings. The van der Waals surface area contributed by atoms with E-state index in [0.29, 0.717) is 16.1 Å². The van der Waals surface area contributed by atoms with Gasteiger partial charge in [0.15, 0.2) is 0 Å². The third kappa shape index (κ3) is 3.43. The Morgan fingerprint density at radius 1 is 1.39 bits per heavy atom. The summed E-state index contributed by atoms with van der Waals surface area (Å²) in [5.41, 5.74) is 3.65. The minimum absolute atomic E-state index is 0.0405. The van der Waals surface area contributed by atoms with Crippen molar-refractivity contribution in [1.82, 2.24) is 14.9 Å². The van der Waals surface area contributed by atoms with E-state index in [4.69, 9.17) is 9.94 Å². The van der Waals surface area contributed by atoms with E-state index in [9.17, 15) is 9.18 Å². The molecule has 3 aromatic heterocycles. The number of benzene rings is 1. The third-order valence-electron chi connectivity index (χ3n) is 4.05. The molecule has 3 N–H and O–H groups in total. The van der Waals surface area contributed by atoms with Gasteiger partial charge in [0, 0.05) is 8.96 Å². The number of hydrogen-bond donors (Lipinski definition) is 3. The van der Waals surface area contributed by atoms with Gasteiger partial charge in [-0.15, -0.1) is 11.3 Å². The van der Waals surface area contributed by atoms with Gasteiger partial charge in [-0.25, -0.2) is 14.9 Å². The van der Waals surface area contributed by atoms with Crippen LogP contribution in [0.1, 0.15) is 10.4 Å². The van der Waals surface area contributed by atoms with E-state index in [2.05, 4.69) is 15.8 Å².